The number of hydrogen-bond acceptors (Lipinski definition) is 5. The first-order valence-corrected chi connectivity index (χ1v) is 11.1. The number of carbonyl (C=O) groups excluding carboxylic acids is 1. The van der Waals surface area contributed by atoms with E-state index < -0.39 is 15.9 Å². The SMILES string of the molecule is Cc1ccc(-n2nc3c(c2NC(=O)C(C)Oc2ccccc2)CS(=O)(=O)C3)cc1. The van der Waals surface area contributed by atoms with Gasteiger partial charge in [-0.3, -0.25) is 4.79 Å². The lowest BCUT2D eigenvalue weighted by Gasteiger charge is -2.16. The van der Waals surface area contributed by atoms with E-state index in [2.05, 4.69) is 10.4 Å². The molecule has 2 heterocycles. The van der Waals surface area contributed by atoms with Crippen molar-refractivity contribution in [2.24, 2.45) is 0 Å². The average Bonchev–Trinajstić information content (AvgIpc) is 3.15. The molecular formula is C21H21N3O4S. The number of rotatable bonds is 5. The van der Waals surface area contributed by atoms with Crippen LogP contribution in [-0.4, -0.2) is 30.2 Å². The van der Waals surface area contributed by atoms with Crippen LogP contribution < -0.4 is 10.1 Å². The van der Waals surface area contributed by atoms with Gasteiger partial charge in [-0.1, -0.05) is 35.9 Å². The van der Waals surface area contributed by atoms with Crippen LogP contribution in [0.1, 0.15) is 23.7 Å². The molecule has 1 unspecified atom stereocenters. The van der Waals surface area contributed by atoms with Crippen molar-refractivity contribution in [3.63, 3.8) is 0 Å². The number of anilines is 1. The summed E-state index contributed by atoms with van der Waals surface area (Å²) in [6.45, 7) is 3.62. The Morgan fingerprint density at radius 2 is 1.79 bits per heavy atom. The zero-order valence-electron chi connectivity index (χ0n) is 16.1. The monoisotopic (exact) mass is 411 g/mol. The van der Waals surface area contributed by atoms with E-state index in [1.54, 1.807) is 23.7 Å². The van der Waals surface area contributed by atoms with Crippen LogP contribution in [0.2, 0.25) is 0 Å². The number of benzene rings is 2. The molecule has 7 nitrogen and oxygen atoms in total. The Balaban J connectivity index is 1.65. The zero-order valence-corrected chi connectivity index (χ0v) is 16.9. The largest absolute Gasteiger partial charge is 0.481 e. The molecule has 3 aromatic rings. The normalized spacial score (nSPS) is 15.5. The number of para-hydroxylation sites is 1. The minimum absolute atomic E-state index is 0.125. The summed E-state index contributed by atoms with van der Waals surface area (Å²) >= 11 is 0. The molecule has 8 heteroatoms. The lowest BCUT2D eigenvalue weighted by molar-refractivity contribution is -0.122. The molecule has 1 aliphatic rings. The van der Waals surface area contributed by atoms with Crippen LogP contribution in [0.25, 0.3) is 5.69 Å². The first-order chi connectivity index (χ1) is 13.8. The quantitative estimate of drug-likeness (QED) is 0.697. The summed E-state index contributed by atoms with van der Waals surface area (Å²) in [5.74, 6) is 0.306. The summed E-state index contributed by atoms with van der Waals surface area (Å²) in [7, 11) is -3.25. The highest BCUT2D eigenvalue weighted by Gasteiger charge is 2.33. The number of aryl methyl sites for hydroxylation is 1. The van der Waals surface area contributed by atoms with Gasteiger partial charge >= 0.3 is 0 Å². The average molecular weight is 411 g/mol. The van der Waals surface area contributed by atoms with E-state index in [-0.39, 0.29) is 17.4 Å². The molecule has 0 aliphatic carbocycles. The molecule has 0 radical (unpaired) electrons. The number of aromatic nitrogens is 2. The van der Waals surface area contributed by atoms with Gasteiger partial charge < -0.3 is 10.1 Å². The number of sulfone groups is 1. The molecular weight excluding hydrogens is 390 g/mol. The second-order valence-electron chi connectivity index (χ2n) is 7.12. The lowest BCUT2D eigenvalue weighted by Crippen LogP contribution is -2.31. The van der Waals surface area contributed by atoms with Crippen LogP contribution in [0.3, 0.4) is 0 Å². The molecule has 0 saturated carbocycles. The highest BCUT2D eigenvalue weighted by atomic mass is 32.2. The van der Waals surface area contributed by atoms with Crippen LogP contribution in [-0.2, 0) is 26.1 Å². The van der Waals surface area contributed by atoms with Crippen molar-refractivity contribution in [1.82, 2.24) is 9.78 Å². The Kier molecular flexibility index (Phi) is 4.87. The van der Waals surface area contributed by atoms with Gasteiger partial charge in [-0.05, 0) is 38.1 Å². The smallest absolute Gasteiger partial charge is 0.266 e. The number of ether oxygens (including phenoxy) is 1. The highest BCUT2D eigenvalue weighted by Crippen LogP contribution is 2.33. The molecule has 1 atom stereocenters. The Bertz CT molecular complexity index is 1150. The minimum Gasteiger partial charge on any atom is -0.481 e. The molecule has 4 rings (SSSR count). The third-order valence-electron chi connectivity index (χ3n) is 4.73. The van der Waals surface area contributed by atoms with E-state index in [9.17, 15) is 13.2 Å². The van der Waals surface area contributed by atoms with E-state index in [1.807, 2.05) is 49.4 Å². The van der Waals surface area contributed by atoms with Crippen LogP contribution >= 0.6 is 0 Å². The molecule has 29 heavy (non-hydrogen) atoms. The second-order valence-corrected chi connectivity index (χ2v) is 9.18. The third-order valence-corrected chi connectivity index (χ3v) is 6.17. The Morgan fingerprint density at radius 3 is 2.48 bits per heavy atom. The summed E-state index contributed by atoms with van der Waals surface area (Å²) in [4.78, 5) is 12.8. The fourth-order valence-corrected chi connectivity index (χ4v) is 4.71. The highest BCUT2D eigenvalue weighted by molar-refractivity contribution is 7.90. The van der Waals surface area contributed by atoms with Crippen LogP contribution in [0.5, 0.6) is 5.75 Å². The van der Waals surface area contributed by atoms with Crippen LogP contribution in [0, 0.1) is 6.92 Å². The van der Waals surface area contributed by atoms with E-state index in [0.29, 0.717) is 22.8 Å². The summed E-state index contributed by atoms with van der Waals surface area (Å²) in [6, 6.07) is 16.7. The van der Waals surface area contributed by atoms with Gasteiger partial charge in [0.1, 0.15) is 11.6 Å². The molecule has 150 valence electrons. The molecule has 1 aromatic heterocycles. The van der Waals surface area contributed by atoms with Gasteiger partial charge in [0.25, 0.3) is 5.91 Å². The molecule has 0 spiro atoms. The van der Waals surface area contributed by atoms with Gasteiger partial charge in [-0.2, -0.15) is 5.10 Å². The van der Waals surface area contributed by atoms with Crippen molar-refractivity contribution in [3.05, 3.63) is 71.4 Å². The summed E-state index contributed by atoms with van der Waals surface area (Å²) in [5.41, 5.74) is 2.84. The lowest BCUT2D eigenvalue weighted by atomic mass is 10.2. The fraction of sp³-hybridized carbons (Fsp3) is 0.238. The van der Waals surface area contributed by atoms with Crippen LogP contribution in [0.4, 0.5) is 5.82 Å². The Labute approximate surface area is 169 Å². The number of nitrogens with one attached hydrogen (secondary N) is 1. The first kappa shape index (κ1) is 19.2. The van der Waals surface area contributed by atoms with Gasteiger partial charge in [0, 0.05) is 5.56 Å². The number of hydrogen-bond donors (Lipinski definition) is 1. The van der Waals surface area contributed by atoms with Crippen molar-refractivity contribution in [3.8, 4) is 11.4 Å². The zero-order chi connectivity index (χ0) is 20.6. The predicted molar refractivity (Wildman–Crippen MR) is 110 cm³/mol. The van der Waals surface area contributed by atoms with Crippen molar-refractivity contribution in [2.45, 2.75) is 31.5 Å². The molecule has 1 amide bonds. The maximum atomic E-state index is 12.8. The van der Waals surface area contributed by atoms with E-state index in [0.717, 1.165) is 11.3 Å². The van der Waals surface area contributed by atoms with E-state index in [1.165, 1.54) is 0 Å². The summed E-state index contributed by atoms with van der Waals surface area (Å²) in [5, 5.41) is 7.30. The molecule has 1 aliphatic heterocycles. The Morgan fingerprint density at radius 1 is 1.10 bits per heavy atom. The third kappa shape index (κ3) is 4.02. The van der Waals surface area contributed by atoms with Gasteiger partial charge in [-0.25, -0.2) is 13.1 Å². The number of nitrogens with zero attached hydrogens (tertiary/aromatic N) is 2. The van der Waals surface area contributed by atoms with Gasteiger partial charge in [0.2, 0.25) is 0 Å². The van der Waals surface area contributed by atoms with Crippen molar-refractivity contribution < 1.29 is 17.9 Å². The topological polar surface area (TPSA) is 90.3 Å². The van der Waals surface area contributed by atoms with Crippen molar-refractivity contribution >= 4 is 21.6 Å². The van der Waals surface area contributed by atoms with Crippen molar-refractivity contribution in [1.29, 1.82) is 0 Å². The number of carbonyl (C=O) groups is 1. The van der Waals surface area contributed by atoms with Gasteiger partial charge in [0.15, 0.2) is 15.9 Å². The standard InChI is InChI=1S/C21H21N3O4S/c1-14-8-10-16(11-9-14)24-20(18-12-29(26,27)13-19(18)23-24)22-21(25)15(2)28-17-6-4-3-5-7-17/h3-11,15H,12-13H2,1-2H3,(H,22,25). The van der Waals surface area contributed by atoms with E-state index in [4.69, 9.17) is 4.74 Å². The van der Waals surface area contributed by atoms with Gasteiger partial charge in [-0.15, -0.1) is 0 Å². The first-order valence-electron chi connectivity index (χ1n) is 9.23. The van der Waals surface area contributed by atoms with Gasteiger partial charge in [0.05, 0.1) is 22.9 Å². The Hall–Kier alpha value is -3.13. The molecule has 0 bridgehead atoms. The van der Waals surface area contributed by atoms with Crippen molar-refractivity contribution in [2.75, 3.05) is 5.32 Å². The summed E-state index contributed by atoms with van der Waals surface area (Å²) < 4.78 is 31.4. The maximum absolute atomic E-state index is 12.8. The number of amides is 1. The fourth-order valence-electron chi connectivity index (χ4n) is 3.22. The van der Waals surface area contributed by atoms with Crippen LogP contribution in [0.15, 0.2) is 54.6 Å². The maximum Gasteiger partial charge on any atom is 0.266 e. The minimum atomic E-state index is -3.25. The van der Waals surface area contributed by atoms with E-state index >= 15 is 0 Å². The number of fused-ring (bicyclic) bond motifs is 1. The summed E-state index contributed by atoms with van der Waals surface area (Å²) in [6.07, 6.45) is -0.771. The molecule has 0 saturated heterocycles. The molecule has 2 aromatic carbocycles. The molecule has 0 fully saturated rings. The predicted octanol–water partition coefficient (Wildman–Crippen LogP) is 3.02. The molecule has 1 N–H and O–H groups in total. The second kappa shape index (κ2) is 7.36.